The van der Waals surface area contributed by atoms with Gasteiger partial charge in [0.1, 0.15) is 0 Å². The fourth-order valence-electron chi connectivity index (χ4n) is 0.508. The molecule has 0 fully saturated rings. The highest BCUT2D eigenvalue weighted by atomic mass is 31.0. The molecular weight excluding hydrogens is 133 g/mol. The Morgan fingerprint density at radius 3 is 2.44 bits per heavy atom. The Balaban J connectivity index is 3.06. The van der Waals surface area contributed by atoms with Gasteiger partial charge in [-0.1, -0.05) is 0 Å². The summed E-state index contributed by atoms with van der Waals surface area (Å²) in [5.41, 5.74) is 0. The molecular formula is C6H16NOP. The molecule has 0 aromatic carbocycles. The highest BCUT2D eigenvalue weighted by Crippen LogP contribution is 2.01. The quantitative estimate of drug-likeness (QED) is 0.555. The van der Waals surface area contributed by atoms with Crippen molar-refractivity contribution in [1.82, 2.24) is 4.90 Å². The maximum atomic E-state index is 4.99. The van der Waals surface area contributed by atoms with Crippen molar-refractivity contribution < 1.29 is 4.52 Å². The molecule has 0 radical (unpaired) electrons. The second-order valence-electron chi connectivity index (χ2n) is 2.54. The van der Waals surface area contributed by atoms with Crippen LogP contribution in [0.5, 0.6) is 0 Å². The SMILES string of the molecule is CC(CCN(C)C)OP. The van der Waals surface area contributed by atoms with Crippen molar-refractivity contribution in [3.8, 4) is 0 Å². The van der Waals surface area contributed by atoms with Crippen LogP contribution >= 0.6 is 9.47 Å². The molecule has 2 atom stereocenters. The van der Waals surface area contributed by atoms with Crippen LogP contribution in [0.2, 0.25) is 0 Å². The lowest BCUT2D eigenvalue weighted by Crippen LogP contribution is -2.17. The largest absolute Gasteiger partial charge is 0.363 e. The lowest BCUT2D eigenvalue weighted by Gasteiger charge is -2.12. The average Bonchev–Trinajstić information content (AvgIpc) is 1.83. The minimum atomic E-state index is 0.359. The third-order valence-corrected chi connectivity index (χ3v) is 1.68. The van der Waals surface area contributed by atoms with Gasteiger partial charge < -0.3 is 9.42 Å². The van der Waals surface area contributed by atoms with Crippen LogP contribution in [0.1, 0.15) is 13.3 Å². The van der Waals surface area contributed by atoms with Gasteiger partial charge in [-0.3, -0.25) is 0 Å². The first-order valence-corrected chi connectivity index (χ1v) is 3.64. The molecule has 0 saturated heterocycles. The first kappa shape index (κ1) is 9.35. The van der Waals surface area contributed by atoms with Crippen molar-refractivity contribution >= 4 is 9.47 Å². The zero-order valence-corrected chi connectivity index (χ0v) is 7.58. The molecule has 0 N–H and O–H groups in total. The molecule has 2 nitrogen and oxygen atoms in total. The van der Waals surface area contributed by atoms with E-state index in [1.165, 1.54) is 0 Å². The highest BCUT2D eigenvalue weighted by molar-refractivity contribution is 7.09. The monoisotopic (exact) mass is 149 g/mol. The van der Waals surface area contributed by atoms with Gasteiger partial charge in [-0.2, -0.15) is 0 Å². The fourth-order valence-corrected chi connectivity index (χ4v) is 0.644. The van der Waals surface area contributed by atoms with Gasteiger partial charge in [0.25, 0.3) is 0 Å². The molecule has 3 heteroatoms. The van der Waals surface area contributed by atoms with Gasteiger partial charge in [-0.15, -0.1) is 0 Å². The van der Waals surface area contributed by atoms with Crippen LogP contribution in [-0.4, -0.2) is 31.6 Å². The van der Waals surface area contributed by atoms with Crippen LogP contribution in [0, 0.1) is 0 Å². The summed E-state index contributed by atoms with van der Waals surface area (Å²) in [5.74, 6) is 0. The third kappa shape index (κ3) is 6.23. The zero-order valence-electron chi connectivity index (χ0n) is 6.42. The number of rotatable bonds is 4. The van der Waals surface area contributed by atoms with Crippen LogP contribution < -0.4 is 0 Å². The van der Waals surface area contributed by atoms with Crippen LogP contribution in [0.3, 0.4) is 0 Å². The summed E-state index contributed by atoms with van der Waals surface area (Å²) in [6, 6.07) is 0. The number of hydrogen-bond acceptors (Lipinski definition) is 2. The molecule has 2 unspecified atom stereocenters. The van der Waals surface area contributed by atoms with Crippen molar-refractivity contribution in [2.24, 2.45) is 0 Å². The smallest absolute Gasteiger partial charge is 0.0594 e. The topological polar surface area (TPSA) is 12.5 Å². The first-order valence-electron chi connectivity index (χ1n) is 3.17. The zero-order chi connectivity index (χ0) is 7.28. The van der Waals surface area contributed by atoms with E-state index in [9.17, 15) is 0 Å². The Labute approximate surface area is 59.9 Å². The second-order valence-corrected chi connectivity index (χ2v) is 2.81. The van der Waals surface area contributed by atoms with Crippen LogP contribution in [0.25, 0.3) is 0 Å². The van der Waals surface area contributed by atoms with E-state index in [0.717, 1.165) is 13.0 Å². The van der Waals surface area contributed by atoms with E-state index in [0.29, 0.717) is 6.10 Å². The van der Waals surface area contributed by atoms with Crippen molar-refractivity contribution in [1.29, 1.82) is 0 Å². The maximum Gasteiger partial charge on any atom is 0.0594 e. The molecule has 0 spiro atoms. The van der Waals surface area contributed by atoms with Crippen LogP contribution in [0.4, 0.5) is 0 Å². The second kappa shape index (κ2) is 5.16. The van der Waals surface area contributed by atoms with Crippen molar-refractivity contribution in [2.45, 2.75) is 19.4 Å². The summed E-state index contributed by atoms with van der Waals surface area (Å²) in [6.07, 6.45) is 1.45. The first-order chi connectivity index (χ1) is 4.16. The molecule has 56 valence electrons. The van der Waals surface area contributed by atoms with E-state index in [1.807, 2.05) is 0 Å². The number of nitrogens with zero attached hydrogens (tertiary/aromatic N) is 1. The van der Waals surface area contributed by atoms with Crippen molar-refractivity contribution in [2.75, 3.05) is 20.6 Å². The molecule has 0 bridgehead atoms. The van der Waals surface area contributed by atoms with Gasteiger partial charge in [-0.05, 0) is 34.0 Å². The molecule has 0 aromatic heterocycles. The Kier molecular flexibility index (Phi) is 5.36. The molecule has 0 rings (SSSR count). The third-order valence-electron chi connectivity index (χ3n) is 1.22. The van der Waals surface area contributed by atoms with Crippen LogP contribution in [-0.2, 0) is 4.52 Å². The van der Waals surface area contributed by atoms with Crippen molar-refractivity contribution in [3.05, 3.63) is 0 Å². The minimum Gasteiger partial charge on any atom is -0.363 e. The minimum absolute atomic E-state index is 0.359. The van der Waals surface area contributed by atoms with Gasteiger partial charge in [0.05, 0.1) is 6.10 Å². The lowest BCUT2D eigenvalue weighted by atomic mass is 10.3. The van der Waals surface area contributed by atoms with Gasteiger partial charge in [-0.25, -0.2) is 0 Å². The predicted octanol–water partition coefficient (Wildman–Crippen LogP) is 1.13. The summed E-state index contributed by atoms with van der Waals surface area (Å²) in [4.78, 5) is 2.15. The molecule has 0 saturated carbocycles. The van der Waals surface area contributed by atoms with Gasteiger partial charge >= 0.3 is 0 Å². The van der Waals surface area contributed by atoms with E-state index in [-0.39, 0.29) is 0 Å². The standard InChI is InChI=1S/C6H16NOP/c1-6(8-9)4-5-7(2)3/h6H,4-5,9H2,1-3H3. The van der Waals surface area contributed by atoms with E-state index < -0.39 is 0 Å². The van der Waals surface area contributed by atoms with E-state index in [2.05, 4.69) is 35.4 Å². The summed E-state index contributed by atoms with van der Waals surface area (Å²) < 4.78 is 4.99. The summed E-state index contributed by atoms with van der Waals surface area (Å²) in [5, 5.41) is 0. The Hall–Kier alpha value is 0.350. The Bertz CT molecular complexity index is 68.1. The van der Waals surface area contributed by atoms with Crippen LogP contribution in [0.15, 0.2) is 0 Å². The van der Waals surface area contributed by atoms with E-state index in [4.69, 9.17) is 4.52 Å². The van der Waals surface area contributed by atoms with Gasteiger partial charge in [0.2, 0.25) is 0 Å². The van der Waals surface area contributed by atoms with Crippen molar-refractivity contribution in [3.63, 3.8) is 0 Å². The Morgan fingerprint density at radius 1 is 1.56 bits per heavy atom. The molecule has 0 amide bonds. The molecule has 0 aromatic rings. The molecule has 0 aliphatic rings. The molecule has 9 heavy (non-hydrogen) atoms. The molecule has 0 aliphatic heterocycles. The normalized spacial score (nSPS) is 14.3. The van der Waals surface area contributed by atoms with E-state index >= 15 is 0 Å². The number of hydrogen-bond donors (Lipinski definition) is 0. The van der Waals surface area contributed by atoms with E-state index in [1.54, 1.807) is 0 Å². The predicted molar refractivity (Wildman–Crippen MR) is 43.4 cm³/mol. The Morgan fingerprint density at radius 2 is 2.11 bits per heavy atom. The molecule has 0 aliphatic carbocycles. The summed E-state index contributed by atoms with van der Waals surface area (Å²) in [7, 11) is 6.41. The maximum absolute atomic E-state index is 4.99. The van der Waals surface area contributed by atoms with Gasteiger partial charge in [0.15, 0.2) is 0 Å². The highest BCUT2D eigenvalue weighted by Gasteiger charge is 1.98. The summed E-state index contributed by atoms with van der Waals surface area (Å²) >= 11 is 0. The summed E-state index contributed by atoms with van der Waals surface area (Å²) in [6.45, 7) is 3.16. The fraction of sp³-hybridized carbons (Fsp3) is 1.00. The average molecular weight is 149 g/mol. The van der Waals surface area contributed by atoms with Gasteiger partial charge in [0, 0.05) is 9.47 Å². The molecule has 0 heterocycles. The lowest BCUT2D eigenvalue weighted by molar-refractivity contribution is 0.226.